The Morgan fingerprint density at radius 2 is 1.63 bits per heavy atom. The van der Waals surface area contributed by atoms with Crippen LogP contribution in [0.25, 0.3) is 0 Å². The number of urea groups is 1. The summed E-state index contributed by atoms with van der Waals surface area (Å²) in [6, 6.07) is 21.5. The van der Waals surface area contributed by atoms with E-state index in [0.29, 0.717) is 35.0 Å². The average molecular weight is 517 g/mol. The molecule has 0 radical (unpaired) electrons. The highest BCUT2D eigenvalue weighted by molar-refractivity contribution is 6.02. The Hall–Kier alpha value is -4.04. The van der Waals surface area contributed by atoms with Crippen molar-refractivity contribution in [1.82, 2.24) is 10.2 Å². The normalized spacial score (nSPS) is 13.4. The number of rotatable bonds is 10. The molecule has 3 aromatic rings. The lowest BCUT2D eigenvalue weighted by molar-refractivity contribution is 0.0948. The number of ether oxygens (including phenoxy) is 2. The molecule has 1 aliphatic rings. The summed E-state index contributed by atoms with van der Waals surface area (Å²) in [6.07, 6.45) is 4.75. The fourth-order valence-corrected chi connectivity index (χ4v) is 4.43. The highest BCUT2D eigenvalue weighted by Gasteiger charge is 2.16. The lowest BCUT2D eigenvalue weighted by Gasteiger charge is -2.26. The van der Waals surface area contributed by atoms with E-state index in [9.17, 15) is 9.59 Å². The van der Waals surface area contributed by atoms with E-state index in [2.05, 4.69) is 15.5 Å². The molecule has 0 atom stereocenters. The number of para-hydroxylation sites is 1. The molecule has 0 spiro atoms. The molecule has 3 amide bonds. The number of likely N-dealkylation sites (tertiary alicyclic amines) is 1. The van der Waals surface area contributed by atoms with Crippen molar-refractivity contribution in [3.8, 4) is 17.2 Å². The first kappa shape index (κ1) is 27.0. The molecule has 0 saturated carbocycles. The summed E-state index contributed by atoms with van der Waals surface area (Å²) >= 11 is 0. The number of anilines is 2. The molecule has 0 unspecified atom stereocenters. The van der Waals surface area contributed by atoms with Crippen molar-refractivity contribution in [3.05, 3.63) is 78.4 Å². The van der Waals surface area contributed by atoms with Crippen LogP contribution in [-0.2, 0) is 0 Å². The first-order valence-electron chi connectivity index (χ1n) is 13.1. The number of methoxy groups -OCH3 is 1. The topological polar surface area (TPSA) is 83.1 Å². The number of nitrogens with zero attached hydrogens (tertiary/aromatic N) is 2. The van der Waals surface area contributed by atoms with E-state index in [1.807, 2.05) is 54.6 Å². The van der Waals surface area contributed by atoms with E-state index in [1.54, 1.807) is 25.2 Å². The molecule has 0 bridgehead atoms. The van der Waals surface area contributed by atoms with Gasteiger partial charge in [-0.15, -0.1) is 0 Å². The van der Waals surface area contributed by atoms with Crippen LogP contribution in [0, 0.1) is 0 Å². The predicted molar refractivity (Wildman–Crippen MR) is 151 cm³/mol. The van der Waals surface area contributed by atoms with Gasteiger partial charge in [0.25, 0.3) is 5.91 Å². The summed E-state index contributed by atoms with van der Waals surface area (Å²) in [5, 5.41) is 5.84. The number of benzene rings is 3. The van der Waals surface area contributed by atoms with Gasteiger partial charge in [0, 0.05) is 31.0 Å². The molecule has 200 valence electrons. The van der Waals surface area contributed by atoms with Crippen LogP contribution in [0.15, 0.2) is 72.8 Å². The van der Waals surface area contributed by atoms with E-state index < -0.39 is 0 Å². The summed E-state index contributed by atoms with van der Waals surface area (Å²) in [7, 11) is 3.20. The first-order valence-corrected chi connectivity index (χ1v) is 13.1. The first-order chi connectivity index (χ1) is 18.5. The maximum Gasteiger partial charge on any atom is 0.326 e. The van der Waals surface area contributed by atoms with Gasteiger partial charge < -0.3 is 25.0 Å². The Morgan fingerprint density at radius 3 is 2.34 bits per heavy atom. The number of carbonyl (C=O) groups excluding carboxylic acids is 2. The van der Waals surface area contributed by atoms with Crippen molar-refractivity contribution in [3.63, 3.8) is 0 Å². The molecule has 8 nitrogen and oxygen atoms in total. The molecule has 1 heterocycles. The number of piperidine rings is 1. The third-order valence-corrected chi connectivity index (χ3v) is 6.59. The lowest BCUT2D eigenvalue weighted by Crippen LogP contribution is -2.33. The Labute approximate surface area is 224 Å². The second-order valence-corrected chi connectivity index (χ2v) is 9.33. The van der Waals surface area contributed by atoms with Crippen LogP contribution in [0.5, 0.6) is 17.2 Å². The highest BCUT2D eigenvalue weighted by Crippen LogP contribution is 2.26. The van der Waals surface area contributed by atoms with Crippen LogP contribution < -0.4 is 25.0 Å². The summed E-state index contributed by atoms with van der Waals surface area (Å²) in [6.45, 7) is 3.91. The zero-order valence-electron chi connectivity index (χ0n) is 22.1. The van der Waals surface area contributed by atoms with Crippen molar-refractivity contribution in [1.29, 1.82) is 0 Å². The maximum absolute atomic E-state index is 12.9. The second kappa shape index (κ2) is 13.5. The Kier molecular flexibility index (Phi) is 9.59. The van der Waals surface area contributed by atoms with E-state index in [-0.39, 0.29) is 11.9 Å². The monoisotopic (exact) mass is 516 g/mol. The molecule has 38 heavy (non-hydrogen) atoms. The van der Waals surface area contributed by atoms with E-state index in [1.165, 1.54) is 31.3 Å². The highest BCUT2D eigenvalue weighted by atomic mass is 16.5. The largest absolute Gasteiger partial charge is 0.496 e. The van der Waals surface area contributed by atoms with Gasteiger partial charge in [-0.1, -0.05) is 24.6 Å². The zero-order valence-corrected chi connectivity index (χ0v) is 22.1. The fraction of sp³-hybridized carbons (Fsp3) is 0.333. The maximum atomic E-state index is 12.9. The molecule has 4 rings (SSSR count). The van der Waals surface area contributed by atoms with Gasteiger partial charge in [-0.3, -0.25) is 9.69 Å². The van der Waals surface area contributed by atoms with Crippen LogP contribution in [0.3, 0.4) is 0 Å². The van der Waals surface area contributed by atoms with Crippen LogP contribution in [0.1, 0.15) is 36.0 Å². The number of hydrogen-bond donors (Lipinski definition) is 2. The molecule has 8 heteroatoms. The molecule has 1 aliphatic heterocycles. The Bertz CT molecular complexity index is 1190. The molecule has 0 aromatic heterocycles. The van der Waals surface area contributed by atoms with Crippen LogP contribution in [0.4, 0.5) is 16.2 Å². The summed E-state index contributed by atoms with van der Waals surface area (Å²) in [5.74, 6) is 1.64. The van der Waals surface area contributed by atoms with Gasteiger partial charge in [-0.2, -0.15) is 0 Å². The third-order valence-electron chi connectivity index (χ3n) is 6.59. The standard InChI is InChI=1S/C30H36N4O4/c1-33(24-13-15-26(16-14-24)38-25-10-5-3-6-11-25)30(36)32-23-12-17-27(28(22-23)37-2)29(35)31-18-9-21-34-19-7-4-8-20-34/h3,5-6,10-17,22H,4,7-9,18-21H2,1-2H3,(H,31,35)(H,32,36). The van der Waals surface area contributed by atoms with Crippen LogP contribution >= 0.6 is 0 Å². The molecule has 1 saturated heterocycles. The second-order valence-electron chi connectivity index (χ2n) is 9.33. The van der Waals surface area contributed by atoms with Crippen molar-refractivity contribution < 1.29 is 19.1 Å². The lowest BCUT2D eigenvalue weighted by atomic mass is 10.1. The van der Waals surface area contributed by atoms with Gasteiger partial charge in [0.1, 0.15) is 17.2 Å². The van der Waals surface area contributed by atoms with Crippen LogP contribution in [-0.4, -0.2) is 57.2 Å². The predicted octanol–water partition coefficient (Wildman–Crippen LogP) is 5.76. The van der Waals surface area contributed by atoms with Crippen molar-refractivity contribution in [2.75, 3.05) is 50.6 Å². The van der Waals surface area contributed by atoms with Gasteiger partial charge in [0.15, 0.2) is 0 Å². The molecule has 2 N–H and O–H groups in total. The number of hydrogen-bond acceptors (Lipinski definition) is 5. The number of amides is 3. The Balaban J connectivity index is 1.29. The molecular weight excluding hydrogens is 480 g/mol. The summed E-state index contributed by atoms with van der Waals surface area (Å²) in [5.41, 5.74) is 1.67. The van der Waals surface area contributed by atoms with Crippen LogP contribution in [0.2, 0.25) is 0 Å². The summed E-state index contributed by atoms with van der Waals surface area (Å²) in [4.78, 5) is 29.6. The minimum atomic E-state index is -0.321. The van der Waals surface area contributed by atoms with Gasteiger partial charge in [-0.05, 0) is 87.4 Å². The Morgan fingerprint density at radius 1 is 0.921 bits per heavy atom. The van der Waals surface area contributed by atoms with Crippen molar-refractivity contribution in [2.45, 2.75) is 25.7 Å². The minimum absolute atomic E-state index is 0.187. The van der Waals surface area contributed by atoms with Crippen molar-refractivity contribution in [2.24, 2.45) is 0 Å². The molecule has 1 fully saturated rings. The average Bonchev–Trinajstić information content (AvgIpc) is 2.96. The van der Waals surface area contributed by atoms with Gasteiger partial charge in [0.2, 0.25) is 0 Å². The van der Waals surface area contributed by atoms with E-state index in [4.69, 9.17) is 9.47 Å². The SMILES string of the molecule is COc1cc(NC(=O)N(C)c2ccc(Oc3ccccc3)cc2)ccc1C(=O)NCCCN1CCCCC1. The number of nitrogens with one attached hydrogen (secondary N) is 2. The quantitative estimate of drug-likeness (QED) is 0.335. The summed E-state index contributed by atoms with van der Waals surface area (Å²) < 4.78 is 11.3. The van der Waals surface area contributed by atoms with Gasteiger partial charge in [0.05, 0.1) is 12.7 Å². The zero-order chi connectivity index (χ0) is 26.7. The molecule has 0 aliphatic carbocycles. The van der Waals surface area contributed by atoms with Crippen molar-refractivity contribution >= 4 is 23.3 Å². The van der Waals surface area contributed by atoms with E-state index in [0.717, 1.165) is 31.8 Å². The smallest absolute Gasteiger partial charge is 0.326 e. The molecular formula is C30H36N4O4. The van der Waals surface area contributed by atoms with E-state index >= 15 is 0 Å². The van der Waals surface area contributed by atoms with Gasteiger partial charge >= 0.3 is 6.03 Å². The third kappa shape index (κ3) is 7.49. The van der Waals surface area contributed by atoms with Gasteiger partial charge in [-0.25, -0.2) is 4.79 Å². The molecule has 3 aromatic carbocycles. The fourth-order valence-electron chi connectivity index (χ4n) is 4.43. The minimum Gasteiger partial charge on any atom is -0.496 e. The number of carbonyl (C=O) groups is 2.